The van der Waals surface area contributed by atoms with Gasteiger partial charge in [-0.3, -0.25) is 4.79 Å². The molecule has 6 heteroatoms. The molecule has 5 nitrogen and oxygen atoms in total. The molecule has 2 N–H and O–H groups in total. The molecule has 31 heavy (non-hydrogen) atoms. The third kappa shape index (κ3) is 5.37. The third-order valence-corrected chi connectivity index (χ3v) is 6.49. The number of aryl methyl sites for hydroxylation is 1. The number of nitrogens with one attached hydrogen (secondary N) is 2. The van der Waals surface area contributed by atoms with Gasteiger partial charge >= 0.3 is 0 Å². The second-order valence-corrected chi connectivity index (χ2v) is 9.23. The molecule has 2 heterocycles. The largest absolute Gasteiger partial charge is 0.371 e. The Labute approximate surface area is 190 Å². The average molecular weight is 437 g/mol. The van der Waals surface area contributed by atoms with Crippen molar-refractivity contribution in [2.45, 2.75) is 46.1 Å². The van der Waals surface area contributed by atoms with Crippen LogP contribution in [0.5, 0.6) is 0 Å². The molecule has 164 valence electrons. The smallest absolute Gasteiger partial charge is 0.227 e. The van der Waals surface area contributed by atoms with Crippen LogP contribution in [0.1, 0.15) is 43.7 Å². The summed E-state index contributed by atoms with van der Waals surface area (Å²) in [7, 11) is 0. The van der Waals surface area contributed by atoms with Crippen LogP contribution in [0.4, 0.5) is 17.1 Å². The number of thiocarbonyl (C=S) groups is 1. The van der Waals surface area contributed by atoms with E-state index in [1.165, 1.54) is 24.1 Å². The summed E-state index contributed by atoms with van der Waals surface area (Å²) in [6.45, 7) is 8.13. The first-order valence-electron chi connectivity index (χ1n) is 11.3. The molecular weight excluding hydrogens is 404 g/mol. The summed E-state index contributed by atoms with van der Waals surface area (Å²) in [5, 5.41) is 7.13. The van der Waals surface area contributed by atoms with E-state index in [0.717, 1.165) is 48.9 Å². The first-order valence-corrected chi connectivity index (χ1v) is 11.7. The Kier molecular flexibility index (Phi) is 6.76. The summed E-state index contributed by atoms with van der Waals surface area (Å²) < 4.78 is 0. The number of rotatable bonds is 5. The van der Waals surface area contributed by atoms with E-state index >= 15 is 0 Å². The third-order valence-electron chi connectivity index (χ3n) is 6.24. The summed E-state index contributed by atoms with van der Waals surface area (Å²) in [5.41, 5.74) is 5.47. The SMILES string of the molecule is Cc1ccc(NC(=S)NCc2ccc(N3CCC[C@H](C)C3)cc2)cc1N1CCCC1=O. The minimum Gasteiger partial charge on any atom is -0.371 e. The standard InChI is InChI=1S/C25H32N4OS/c1-18-5-3-13-28(17-18)22-11-8-20(9-12-22)16-26-25(31)27-21-10-7-19(2)23(15-21)29-14-4-6-24(29)30/h7-12,15,18H,3-6,13-14,16-17H2,1-2H3,(H2,26,27,31)/t18-/m0/s1. The number of nitrogens with zero attached hydrogens (tertiary/aromatic N) is 2. The fraction of sp³-hybridized carbons (Fsp3) is 0.440. The highest BCUT2D eigenvalue weighted by atomic mass is 32.1. The summed E-state index contributed by atoms with van der Waals surface area (Å²) in [6.07, 6.45) is 4.16. The van der Waals surface area contributed by atoms with Crippen LogP contribution in [0.2, 0.25) is 0 Å². The quantitative estimate of drug-likeness (QED) is 0.657. The van der Waals surface area contributed by atoms with Crippen molar-refractivity contribution in [2.24, 2.45) is 5.92 Å². The predicted octanol–water partition coefficient (Wildman–Crippen LogP) is 4.84. The average Bonchev–Trinajstić information content (AvgIpc) is 3.19. The fourth-order valence-electron chi connectivity index (χ4n) is 4.49. The van der Waals surface area contributed by atoms with E-state index in [1.807, 2.05) is 30.0 Å². The molecule has 1 atom stereocenters. The predicted molar refractivity (Wildman–Crippen MR) is 133 cm³/mol. The topological polar surface area (TPSA) is 47.6 Å². The second-order valence-electron chi connectivity index (χ2n) is 8.82. The molecule has 2 aromatic rings. The van der Waals surface area contributed by atoms with Gasteiger partial charge in [0.25, 0.3) is 0 Å². The lowest BCUT2D eigenvalue weighted by molar-refractivity contribution is -0.117. The van der Waals surface area contributed by atoms with Crippen molar-refractivity contribution in [3.63, 3.8) is 0 Å². The lowest BCUT2D eigenvalue weighted by atomic mass is 9.99. The maximum absolute atomic E-state index is 12.1. The van der Waals surface area contributed by atoms with Crippen LogP contribution in [0.3, 0.4) is 0 Å². The van der Waals surface area contributed by atoms with E-state index in [2.05, 4.69) is 46.7 Å². The molecule has 0 aliphatic carbocycles. The number of carbonyl (C=O) groups excluding carboxylic acids is 1. The lowest BCUT2D eigenvalue weighted by Gasteiger charge is -2.32. The highest BCUT2D eigenvalue weighted by Gasteiger charge is 2.23. The summed E-state index contributed by atoms with van der Waals surface area (Å²) in [4.78, 5) is 16.5. The number of amides is 1. The molecule has 2 aliphatic heterocycles. The van der Waals surface area contributed by atoms with Gasteiger partial charge in [0.15, 0.2) is 5.11 Å². The van der Waals surface area contributed by atoms with Gasteiger partial charge in [0, 0.05) is 49.7 Å². The van der Waals surface area contributed by atoms with Crippen molar-refractivity contribution in [1.29, 1.82) is 0 Å². The minimum absolute atomic E-state index is 0.198. The molecule has 0 spiro atoms. The van der Waals surface area contributed by atoms with Gasteiger partial charge in [0.05, 0.1) is 0 Å². The summed E-state index contributed by atoms with van der Waals surface area (Å²) >= 11 is 5.50. The number of hydrogen-bond donors (Lipinski definition) is 2. The van der Waals surface area contributed by atoms with Gasteiger partial charge in [-0.25, -0.2) is 0 Å². The van der Waals surface area contributed by atoms with E-state index in [-0.39, 0.29) is 5.91 Å². The Hall–Kier alpha value is -2.60. The van der Waals surface area contributed by atoms with E-state index < -0.39 is 0 Å². The van der Waals surface area contributed by atoms with E-state index in [0.29, 0.717) is 18.1 Å². The highest BCUT2D eigenvalue weighted by Crippen LogP contribution is 2.28. The van der Waals surface area contributed by atoms with Gasteiger partial charge in [-0.1, -0.05) is 25.1 Å². The van der Waals surface area contributed by atoms with Gasteiger partial charge in [0.1, 0.15) is 0 Å². The molecule has 0 unspecified atom stereocenters. The second kappa shape index (κ2) is 9.69. The number of hydrogen-bond acceptors (Lipinski definition) is 3. The number of carbonyl (C=O) groups is 1. The van der Waals surface area contributed by atoms with Crippen molar-refractivity contribution in [1.82, 2.24) is 5.32 Å². The maximum Gasteiger partial charge on any atom is 0.227 e. The van der Waals surface area contributed by atoms with Crippen molar-refractivity contribution in [3.05, 3.63) is 53.6 Å². The first kappa shape index (κ1) is 21.6. The van der Waals surface area contributed by atoms with E-state index in [1.54, 1.807) is 0 Å². The van der Waals surface area contributed by atoms with Crippen molar-refractivity contribution in [3.8, 4) is 0 Å². The molecule has 0 saturated carbocycles. The van der Waals surface area contributed by atoms with Crippen molar-refractivity contribution < 1.29 is 4.79 Å². The molecule has 2 saturated heterocycles. The Balaban J connectivity index is 1.32. The Morgan fingerprint density at radius 2 is 1.94 bits per heavy atom. The Morgan fingerprint density at radius 1 is 1.13 bits per heavy atom. The van der Waals surface area contributed by atoms with Gasteiger partial charge < -0.3 is 20.4 Å². The van der Waals surface area contributed by atoms with Gasteiger partial charge in [-0.05, 0) is 79.7 Å². The molecule has 1 amide bonds. The molecule has 0 aromatic heterocycles. The van der Waals surface area contributed by atoms with Crippen LogP contribution in [0.15, 0.2) is 42.5 Å². The van der Waals surface area contributed by atoms with Crippen LogP contribution in [-0.4, -0.2) is 30.7 Å². The zero-order chi connectivity index (χ0) is 21.8. The van der Waals surface area contributed by atoms with Crippen LogP contribution in [0.25, 0.3) is 0 Å². The number of anilines is 3. The summed E-state index contributed by atoms with van der Waals surface area (Å²) in [6, 6.07) is 14.8. The minimum atomic E-state index is 0.198. The lowest BCUT2D eigenvalue weighted by Crippen LogP contribution is -2.34. The number of piperidine rings is 1. The summed E-state index contributed by atoms with van der Waals surface area (Å²) in [5.74, 6) is 0.966. The molecule has 2 aliphatic rings. The molecule has 2 fully saturated rings. The van der Waals surface area contributed by atoms with Gasteiger partial charge in [-0.15, -0.1) is 0 Å². The normalized spacial score (nSPS) is 18.9. The zero-order valence-corrected chi connectivity index (χ0v) is 19.3. The Bertz CT molecular complexity index is 943. The molecule has 0 radical (unpaired) electrons. The fourth-order valence-corrected chi connectivity index (χ4v) is 4.68. The van der Waals surface area contributed by atoms with Crippen molar-refractivity contribution in [2.75, 3.05) is 34.8 Å². The van der Waals surface area contributed by atoms with Crippen LogP contribution < -0.4 is 20.4 Å². The van der Waals surface area contributed by atoms with Gasteiger partial charge in [-0.2, -0.15) is 0 Å². The first-order chi connectivity index (χ1) is 15.0. The van der Waals surface area contributed by atoms with Crippen molar-refractivity contribution >= 4 is 40.3 Å². The zero-order valence-electron chi connectivity index (χ0n) is 18.5. The van der Waals surface area contributed by atoms with E-state index in [4.69, 9.17) is 12.2 Å². The van der Waals surface area contributed by atoms with Crippen LogP contribution >= 0.6 is 12.2 Å². The van der Waals surface area contributed by atoms with Crippen LogP contribution in [-0.2, 0) is 11.3 Å². The highest BCUT2D eigenvalue weighted by molar-refractivity contribution is 7.80. The van der Waals surface area contributed by atoms with Crippen LogP contribution in [0, 0.1) is 12.8 Å². The maximum atomic E-state index is 12.1. The Morgan fingerprint density at radius 3 is 2.65 bits per heavy atom. The molecule has 4 rings (SSSR count). The monoisotopic (exact) mass is 436 g/mol. The van der Waals surface area contributed by atoms with E-state index in [9.17, 15) is 4.79 Å². The van der Waals surface area contributed by atoms with Gasteiger partial charge in [0.2, 0.25) is 5.91 Å². The molecule has 2 aromatic carbocycles. The number of benzene rings is 2. The molecular formula is C25H32N4OS. The molecule has 0 bridgehead atoms.